The van der Waals surface area contributed by atoms with E-state index >= 15 is 0 Å². The van der Waals surface area contributed by atoms with Crippen LogP contribution in [0.3, 0.4) is 0 Å². The smallest absolute Gasteiger partial charge is 0.263 e. The number of anilines is 1. The first-order valence-electron chi connectivity index (χ1n) is 6.44. The first-order chi connectivity index (χ1) is 8.88. The Labute approximate surface area is 117 Å². The Bertz CT molecular complexity index is 596. The SMILES string of the molecule is CC(C)(C)CCNC(=O)c1sc2ccccc2c1N. The van der Waals surface area contributed by atoms with Crippen molar-refractivity contribution in [2.24, 2.45) is 5.41 Å². The number of nitrogen functional groups attached to an aromatic ring is 1. The molecule has 0 spiro atoms. The van der Waals surface area contributed by atoms with Gasteiger partial charge in [-0.3, -0.25) is 4.79 Å². The van der Waals surface area contributed by atoms with Gasteiger partial charge in [0, 0.05) is 16.6 Å². The van der Waals surface area contributed by atoms with E-state index in [0.717, 1.165) is 16.5 Å². The lowest BCUT2D eigenvalue weighted by atomic mass is 9.92. The summed E-state index contributed by atoms with van der Waals surface area (Å²) in [6, 6.07) is 7.83. The molecule has 1 amide bonds. The quantitative estimate of drug-likeness (QED) is 0.899. The highest BCUT2D eigenvalue weighted by Crippen LogP contribution is 2.33. The molecule has 3 nitrogen and oxygen atoms in total. The maximum Gasteiger partial charge on any atom is 0.263 e. The highest BCUT2D eigenvalue weighted by atomic mass is 32.1. The number of hydrogen-bond donors (Lipinski definition) is 2. The molecule has 0 saturated heterocycles. The van der Waals surface area contributed by atoms with Crippen LogP contribution in [0.2, 0.25) is 0 Å². The fourth-order valence-corrected chi connectivity index (χ4v) is 2.90. The van der Waals surface area contributed by atoms with Crippen molar-refractivity contribution in [3.63, 3.8) is 0 Å². The first kappa shape index (κ1) is 13.9. The fraction of sp³-hybridized carbons (Fsp3) is 0.400. The molecule has 1 aromatic carbocycles. The van der Waals surface area contributed by atoms with Crippen LogP contribution < -0.4 is 11.1 Å². The summed E-state index contributed by atoms with van der Waals surface area (Å²) in [6.45, 7) is 7.16. The number of hydrogen-bond acceptors (Lipinski definition) is 3. The Morgan fingerprint density at radius 3 is 2.63 bits per heavy atom. The number of fused-ring (bicyclic) bond motifs is 1. The summed E-state index contributed by atoms with van der Waals surface area (Å²) in [6.07, 6.45) is 0.948. The topological polar surface area (TPSA) is 55.1 Å². The van der Waals surface area contributed by atoms with Gasteiger partial charge in [-0.1, -0.05) is 39.0 Å². The molecule has 0 aliphatic rings. The lowest BCUT2D eigenvalue weighted by Gasteiger charge is -2.17. The third-order valence-electron chi connectivity index (χ3n) is 3.00. The summed E-state index contributed by atoms with van der Waals surface area (Å²) in [7, 11) is 0. The van der Waals surface area contributed by atoms with Crippen LogP contribution in [-0.4, -0.2) is 12.5 Å². The summed E-state index contributed by atoms with van der Waals surface area (Å²) in [5, 5.41) is 3.91. The summed E-state index contributed by atoms with van der Waals surface area (Å²) >= 11 is 1.45. The van der Waals surface area contributed by atoms with Crippen molar-refractivity contribution < 1.29 is 4.79 Å². The third-order valence-corrected chi connectivity index (χ3v) is 4.19. The summed E-state index contributed by atoms with van der Waals surface area (Å²) < 4.78 is 1.06. The number of thiophene rings is 1. The Morgan fingerprint density at radius 1 is 1.32 bits per heavy atom. The molecule has 0 bridgehead atoms. The Hall–Kier alpha value is -1.55. The van der Waals surface area contributed by atoms with E-state index in [1.54, 1.807) is 0 Å². The lowest BCUT2D eigenvalue weighted by Crippen LogP contribution is -2.27. The molecule has 0 saturated carbocycles. The van der Waals surface area contributed by atoms with Gasteiger partial charge in [-0.15, -0.1) is 11.3 Å². The number of nitrogens with two attached hydrogens (primary N) is 1. The molecular weight excluding hydrogens is 256 g/mol. The van der Waals surface area contributed by atoms with Gasteiger partial charge in [-0.05, 0) is 17.9 Å². The number of carbonyl (C=O) groups is 1. The van der Waals surface area contributed by atoms with Gasteiger partial charge in [-0.25, -0.2) is 0 Å². The Morgan fingerprint density at radius 2 is 2.00 bits per heavy atom. The van der Waals surface area contributed by atoms with E-state index in [2.05, 4.69) is 26.1 Å². The number of nitrogens with one attached hydrogen (secondary N) is 1. The van der Waals surface area contributed by atoms with E-state index in [1.807, 2.05) is 24.3 Å². The minimum atomic E-state index is -0.0667. The molecule has 0 radical (unpaired) electrons. The molecule has 0 aliphatic heterocycles. The molecular formula is C15H20N2OS. The average Bonchev–Trinajstić information content (AvgIpc) is 2.66. The Balaban J connectivity index is 2.11. The molecule has 1 heterocycles. The zero-order valence-electron chi connectivity index (χ0n) is 11.6. The van der Waals surface area contributed by atoms with Crippen molar-refractivity contribution in [1.29, 1.82) is 0 Å². The van der Waals surface area contributed by atoms with E-state index in [1.165, 1.54) is 11.3 Å². The van der Waals surface area contributed by atoms with Crippen LogP contribution in [0.25, 0.3) is 10.1 Å². The molecule has 19 heavy (non-hydrogen) atoms. The molecule has 0 aliphatic carbocycles. The number of amides is 1. The lowest BCUT2D eigenvalue weighted by molar-refractivity contribution is 0.0954. The summed E-state index contributed by atoms with van der Waals surface area (Å²) in [5.74, 6) is -0.0667. The second-order valence-corrected chi connectivity index (χ2v) is 6.96. The van der Waals surface area contributed by atoms with Gasteiger partial charge >= 0.3 is 0 Å². The molecule has 4 heteroatoms. The fourth-order valence-electron chi connectivity index (χ4n) is 1.87. The Kier molecular flexibility index (Phi) is 3.80. The van der Waals surface area contributed by atoms with Crippen molar-refractivity contribution in [3.05, 3.63) is 29.1 Å². The normalized spacial score (nSPS) is 11.7. The molecule has 0 unspecified atom stereocenters. The second-order valence-electron chi connectivity index (χ2n) is 5.91. The van der Waals surface area contributed by atoms with E-state index in [4.69, 9.17) is 5.73 Å². The van der Waals surface area contributed by atoms with E-state index in [-0.39, 0.29) is 11.3 Å². The van der Waals surface area contributed by atoms with Gasteiger partial charge in [0.2, 0.25) is 0 Å². The third kappa shape index (κ3) is 3.26. The van der Waals surface area contributed by atoms with Crippen LogP contribution in [0.4, 0.5) is 5.69 Å². The van der Waals surface area contributed by atoms with Crippen LogP contribution in [-0.2, 0) is 0 Å². The first-order valence-corrected chi connectivity index (χ1v) is 7.25. The molecule has 102 valence electrons. The van der Waals surface area contributed by atoms with Gasteiger partial charge < -0.3 is 11.1 Å². The zero-order valence-corrected chi connectivity index (χ0v) is 12.4. The van der Waals surface area contributed by atoms with Crippen molar-refractivity contribution >= 4 is 33.0 Å². The highest BCUT2D eigenvalue weighted by Gasteiger charge is 2.16. The summed E-state index contributed by atoms with van der Waals surface area (Å²) in [5.41, 5.74) is 6.86. The predicted octanol–water partition coefficient (Wildman–Crippen LogP) is 3.65. The van der Waals surface area contributed by atoms with Crippen molar-refractivity contribution in [3.8, 4) is 0 Å². The molecule has 3 N–H and O–H groups in total. The minimum Gasteiger partial charge on any atom is -0.397 e. The van der Waals surface area contributed by atoms with Crippen molar-refractivity contribution in [2.75, 3.05) is 12.3 Å². The van der Waals surface area contributed by atoms with Gasteiger partial charge in [0.1, 0.15) is 4.88 Å². The number of benzene rings is 1. The van der Waals surface area contributed by atoms with Crippen LogP contribution in [0, 0.1) is 5.41 Å². The van der Waals surface area contributed by atoms with Gasteiger partial charge in [0.25, 0.3) is 5.91 Å². The number of rotatable bonds is 3. The van der Waals surface area contributed by atoms with Crippen molar-refractivity contribution in [1.82, 2.24) is 5.32 Å². The van der Waals surface area contributed by atoms with Crippen LogP contribution >= 0.6 is 11.3 Å². The zero-order chi connectivity index (χ0) is 14.0. The van der Waals surface area contributed by atoms with Gasteiger partial charge in [0.05, 0.1) is 5.69 Å². The van der Waals surface area contributed by atoms with Gasteiger partial charge in [0.15, 0.2) is 0 Å². The van der Waals surface area contributed by atoms with Crippen LogP contribution in [0.1, 0.15) is 36.9 Å². The number of carbonyl (C=O) groups excluding carboxylic acids is 1. The molecule has 1 aromatic heterocycles. The highest BCUT2D eigenvalue weighted by molar-refractivity contribution is 7.21. The maximum atomic E-state index is 12.1. The molecule has 0 atom stereocenters. The van der Waals surface area contributed by atoms with Crippen molar-refractivity contribution in [2.45, 2.75) is 27.2 Å². The molecule has 2 rings (SSSR count). The van der Waals surface area contributed by atoms with Crippen LogP contribution in [0.5, 0.6) is 0 Å². The van der Waals surface area contributed by atoms with E-state index in [9.17, 15) is 4.79 Å². The molecule has 0 fully saturated rings. The largest absolute Gasteiger partial charge is 0.397 e. The van der Waals surface area contributed by atoms with E-state index < -0.39 is 0 Å². The standard InChI is InChI=1S/C15H20N2OS/c1-15(2,3)8-9-17-14(18)13-12(16)10-6-4-5-7-11(10)19-13/h4-7H,8-9,16H2,1-3H3,(H,17,18). The molecule has 2 aromatic rings. The second kappa shape index (κ2) is 5.21. The monoisotopic (exact) mass is 276 g/mol. The van der Waals surface area contributed by atoms with E-state index in [0.29, 0.717) is 17.1 Å². The predicted molar refractivity (Wildman–Crippen MR) is 82.6 cm³/mol. The average molecular weight is 276 g/mol. The van der Waals surface area contributed by atoms with Gasteiger partial charge in [-0.2, -0.15) is 0 Å². The minimum absolute atomic E-state index is 0.0667. The maximum absolute atomic E-state index is 12.1. The summed E-state index contributed by atoms with van der Waals surface area (Å²) in [4.78, 5) is 12.8. The van der Waals surface area contributed by atoms with Crippen LogP contribution in [0.15, 0.2) is 24.3 Å².